The molecule has 0 spiro atoms. The van der Waals surface area contributed by atoms with Crippen LogP contribution in [-0.4, -0.2) is 73.9 Å². The Morgan fingerprint density at radius 1 is 1.24 bits per heavy atom. The number of nitrogens with two attached hydrogens (primary N) is 1. The lowest BCUT2D eigenvalue weighted by Gasteiger charge is -2.36. The van der Waals surface area contributed by atoms with Crippen molar-refractivity contribution < 1.29 is 14.3 Å². The van der Waals surface area contributed by atoms with Crippen molar-refractivity contribution in [1.29, 1.82) is 0 Å². The average molecular weight is 455 g/mol. The zero-order valence-electron chi connectivity index (χ0n) is 19.2. The smallest absolute Gasteiger partial charge is 0.307 e. The summed E-state index contributed by atoms with van der Waals surface area (Å²) in [6.45, 7) is 3.05. The molecule has 4 heterocycles. The summed E-state index contributed by atoms with van der Waals surface area (Å²) in [7, 11) is 3.80. The molecule has 1 amide bonds. The fourth-order valence-electron chi connectivity index (χ4n) is 4.34. The van der Waals surface area contributed by atoms with Crippen molar-refractivity contribution in [3.05, 3.63) is 30.4 Å². The van der Waals surface area contributed by atoms with Crippen molar-refractivity contribution >= 4 is 23.3 Å². The van der Waals surface area contributed by atoms with E-state index in [9.17, 15) is 9.59 Å². The SMILES string of the molecule is CCOC(=O)CCNC(=O)[C@@H]1CC[C@H](c2cc(N)n3ncc(-c4cnn(C)c4)c3n2)CN1C. The fraction of sp³-hybridized carbons (Fsp3) is 0.500. The molecule has 3 aromatic heterocycles. The molecule has 0 unspecified atom stereocenters. The Kier molecular flexibility index (Phi) is 6.59. The van der Waals surface area contributed by atoms with Gasteiger partial charge in [-0.15, -0.1) is 0 Å². The first-order valence-corrected chi connectivity index (χ1v) is 11.1. The molecule has 11 nitrogen and oxygen atoms in total. The number of nitrogens with zero attached hydrogens (tertiary/aromatic N) is 6. The highest BCUT2D eigenvalue weighted by Gasteiger charge is 2.32. The number of likely N-dealkylation sites (N-methyl/N-ethyl adjacent to an activating group) is 1. The number of aryl methyl sites for hydroxylation is 1. The van der Waals surface area contributed by atoms with E-state index in [2.05, 4.69) is 15.5 Å². The highest BCUT2D eigenvalue weighted by molar-refractivity contribution is 5.82. The van der Waals surface area contributed by atoms with E-state index in [1.807, 2.05) is 31.3 Å². The molecule has 3 aromatic rings. The minimum atomic E-state index is -0.306. The van der Waals surface area contributed by atoms with Gasteiger partial charge in [-0.1, -0.05) is 0 Å². The van der Waals surface area contributed by atoms with Gasteiger partial charge in [0.1, 0.15) is 5.82 Å². The van der Waals surface area contributed by atoms with Gasteiger partial charge in [-0.2, -0.15) is 14.7 Å². The molecule has 33 heavy (non-hydrogen) atoms. The summed E-state index contributed by atoms with van der Waals surface area (Å²) in [6, 6.07) is 1.62. The van der Waals surface area contributed by atoms with Crippen molar-refractivity contribution in [3.8, 4) is 11.1 Å². The first kappa shape index (κ1) is 22.7. The van der Waals surface area contributed by atoms with Crippen LogP contribution in [-0.2, 0) is 21.4 Å². The van der Waals surface area contributed by atoms with Crippen LogP contribution in [0.5, 0.6) is 0 Å². The molecule has 4 rings (SSSR count). The monoisotopic (exact) mass is 454 g/mol. The molecule has 11 heteroatoms. The number of hydrogen-bond donors (Lipinski definition) is 2. The van der Waals surface area contributed by atoms with Crippen LogP contribution in [0.1, 0.15) is 37.8 Å². The third kappa shape index (κ3) is 4.82. The number of carbonyl (C=O) groups excluding carboxylic acids is 2. The van der Waals surface area contributed by atoms with Crippen molar-refractivity contribution in [2.75, 3.05) is 32.5 Å². The molecule has 1 saturated heterocycles. The second kappa shape index (κ2) is 9.57. The van der Waals surface area contributed by atoms with Gasteiger partial charge in [0.2, 0.25) is 5.91 Å². The number of anilines is 1. The predicted molar refractivity (Wildman–Crippen MR) is 122 cm³/mol. The highest BCUT2D eigenvalue weighted by atomic mass is 16.5. The number of amides is 1. The molecule has 3 N–H and O–H groups in total. The lowest BCUT2D eigenvalue weighted by atomic mass is 9.90. The number of ether oxygens (including phenoxy) is 1. The number of piperidine rings is 1. The summed E-state index contributed by atoms with van der Waals surface area (Å²) in [6.07, 6.45) is 7.12. The van der Waals surface area contributed by atoms with E-state index in [4.69, 9.17) is 15.5 Å². The van der Waals surface area contributed by atoms with Gasteiger partial charge < -0.3 is 15.8 Å². The summed E-state index contributed by atoms with van der Waals surface area (Å²) >= 11 is 0. The molecule has 0 saturated carbocycles. The third-order valence-corrected chi connectivity index (χ3v) is 6.02. The normalized spacial score (nSPS) is 19.0. The van der Waals surface area contributed by atoms with Gasteiger partial charge in [0, 0.05) is 49.4 Å². The third-order valence-electron chi connectivity index (χ3n) is 6.02. The van der Waals surface area contributed by atoms with Gasteiger partial charge in [-0.05, 0) is 26.8 Å². The van der Waals surface area contributed by atoms with Crippen LogP contribution >= 0.6 is 0 Å². The molecule has 0 aromatic carbocycles. The average Bonchev–Trinajstić information content (AvgIpc) is 3.40. The molecule has 1 aliphatic heterocycles. The number of nitrogens with one attached hydrogen (secondary N) is 1. The van der Waals surface area contributed by atoms with E-state index in [1.54, 1.807) is 28.5 Å². The van der Waals surface area contributed by atoms with Crippen molar-refractivity contribution in [3.63, 3.8) is 0 Å². The van der Waals surface area contributed by atoms with Crippen LogP contribution in [0.2, 0.25) is 0 Å². The van der Waals surface area contributed by atoms with Crippen molar-refractivity contribution in [1.82, 2.24) is 34.6 Å². The maximum absolute atomic E-state index is 12.6. The maximum Gasteiger partial charge on any atom is 0.307 e. The number of esters is 1. The molecule has 1 aliphatic rings. The zero-order chi connectivity index (χ0) is 23.5. The van der Waals surface area contributed by atoms with Gasteiger partial charge in [-0.25, -0.2) is 4.98 Å². The van der Waals surface area contributed by atoms with Gasteiger partial charge in [0.15, 0.2) is 5.65 Å². The summed E-state index contributed by atoms with van der Waals surface area (Å²) in [5, 5.41) is 11.5. The number of aromatic nitrogens is 5. The van der Waals surface area contributed by atoms with Crippen LogP contribution in [0.4, 0.5) is 5.82 Å². The summed E-state index contributed by atoms with van der Waals surface area (Å²) in [5.74, 6) is 0.284. The molecule has 1 fully saturated rings. The van der Waals surface area contributed by atoms with E-state index < -0.39 is 0 Å². The molecule has 176 valence electrons. The Balaban J connectivity index is 1.45. The molecular weight excluding hydrogens is 424 g/mol. The lowest BCUT2D eigenvalue weighted by molar-refractivity contribution is -0.143. The van der Waals surface area contributed by atoms with Gasteiger partial charge >= 0.3 is 5.97 Å². The standard InChI is InChI=1S/C22H30N8O3/c1-4-33-20(31)7-8-24-22(32)18-6-5-14(12-28(18)2)17-9-19(23)30-21(27-17)16(11-26-30)15-10-25-29(3)13-15/h9-11,13-14,18H,4-8,12,23H2,1-3H3,(H,24,32)/t14-,18-/m0/s1. The second-order valence-corrected chi connectivity index (χ2v) is 8.38. The Bertz CT molecular complexity index is 1150. The highest BCUT2D eigenvalue weighted by Crippen LogP contribution is 2.31. The lowest BCUT2D eigenvalue weighted by Crippen LogP contribution is -2.49. The van der Waals surface area contributed by atoms with Gasteiger partial charge in [-0.3, -0.25) is 19.2 Å². The number of rotatable bonds is 7. The van der Waals surface area contributed by atoms with E-state index >= 15 is 0 Å². The van der Waals surface area contributed by atoms with E-state index in [0.717, 1.165) is 23.2 Å². The van der Waals surface area contributed by atoms with Crippen LogP contribution in [0.25, 0.3) is 16.8 Å². The summed E-state index contributed by atoms with van der Waals surface area (Å²) < 4.78 is 8.27. The number of likely N-dealkylation sites (tertiary alicyclic amines) is 1. The van der Waals surface area contributed by atoms with Crippen LogP contribution in [0, 0.1) is 0 Å². The Hall–Kier alpha value is -3.47. The van der Waals surface area contributed by atoms with Gasteiger partial charge in [0.05, 0.1) is 37.2 Å². The minimum absolute atomic E-state index is 0.0715. The Labute approximate surface area is 191 Å². The summed E-state index contributed by atoms with van der Waals surface area (Å²) in [5.41, 5.74) is 9.68. The van der Waals surface area contributed by atoms with E-state index in [-0.39, 0.29) is 36.8 Å². The number of hydrogen-bond acceptors (Lipinski definition) is 8. The maximum atomic E-state index is 12.6. The van der Waals surface area contributed by atoms with Gasteiger partial charge in [0.25, 0.3) is 0 Å². The fourth-order valence-corrected chi connectivity index (χ4v) is 4.34. The minimum Gasteiger partial charge on any atom is -0.466 e. The summed E-state index contributed by atoms with van der Waals surface area (Å²) in [4.78, 5) is 31.0. The predicted octanol–water partition coefficient (Wildman–Crippen LogP) is 0.959. The molecular formula is C22H30N8O3. The number of nitrogen functional groups attached to an aromatic ring is 1. The second-order valence-electron chi connectivity index (χ2n) is 8.38. The Morgan fingerprint density at radius 2 is 2.06 bits per heavy atom. The molecule has 2 atom stereocenters. The zero-order valence-corrected chi connectivity index (χ0v) is 19.2. The molecule has 0 bridgehead atoms. The largest absolute Gasteiger partial charge is 0.466 e. The molecule has 0 aliphatic carbocycles. The van der Waals surface area contributed by atoms with E-state index in [0.29, 0.717) is 31.0 Å². The van der Waals surface area contributed by atoms with Crippen molar-refractivity contribution in [2.45, 2.75) is 38.1 Å². The van der Waals surface area contributed by atoms with Crippen LogP contribution in [0.3, 0.4) is 0 Å². The number of carbonyl (C=O) groups is 2. The Morgan fingerprint density at radius 3 is 2.76 bits per heavy atom. The number of fused-ring (bicyclic) bond motifs is 1. The van der Waals surface area contributed by atoms with Crippen molar-refractivity contribution in [2.24, 2.45) is 7.05 Å². The first-order valence-electron chi connectivity index (χ1n) is 11.1. The first-order chi connectivity index (χ1) is 15.9. The van der Waals surface area contributed by atoms with E-state index in [1.165, 1.54) is 0 Å². The van der Waals surface area contributed by atoms with Crippen LogP contribution < -0.4 is 11.1 Å². The molecule has 0 radical (unpaired) electrons. The van der Waals surface area contributed by atoms with Crippen LogP contribution in [0.15, 0.2) is 24.7 Å². The quantitative estimate of drug-likeness (QED) is 0.505. The topological polar surface area (TPSA) is 133 Å².